The third-order valence-corrected chi connectivity index (χ3v) is 4.22. The van der Waals surface area contributed by atoms with Crippen LogP contribution < -0.4 is 4.90 Å². The lowest BCUT2D eigenvalue weighted by molar-refractivity contribution is 0.0981. The van der Waals surface area contributed by atoms with Gasteiger partial charge in [0.15, 0.2) is 5.78 Å². The summed E-state index contributed by atoms with van der Waals surface area (Å²) in [5, 5.41) is 0. The predicted octanol–water partition coefficient (Wildman–Crippen LogP) is 4.13. The highest BCUT2D eigenvalue weighted by molar-refractivity contribution is 7.98. The fourth-order valence-electron chi connectivity index (χ4n) is 2.52. The van der Waals surface area contributed by atoms with Gasteiger partial charge in [0.25, 0.3) is 0 Å². The topological polar surface area (TPSA) is 20.3 Å². The lowest BCUT2D eigenvalue weighted by atomic mass is 10.00. The highest BCUT2D eigenvalue weighted by atomic mass is 32.2. The summed E-state index contributed by atoms with van der Waals surface area (Å²) in [5.41, 5.74) is 3.06. The lowest BCUT2D eigenvalue weighted by Gasteiger charge is -2.31. The summed E-state index contributed by atoms with van der Waals surface area (Å²) in [6.07, 6.45) is 2.67. The summed E-state index contributed by atoms with van der Waals surface area (Å²) >= 11 is 1.74. The Morgan fingerprint density at radius 3 is 2.47 bits per heavy atom. The summed E-state index contributed by atoms with van der Waals surface area (Å²) in [6, 6.07) is 16.2. The van der Waals surface area contributed by atoms with Crippen molar-refractivity contribution in [2.75, 3.05) is 17.7 Å². The molecule has 19 heavy (non-hydrogen) atoms. The molecular weight excluding hydrogens is 254 g/mol. The Bertz CT molecular complexity index is 624. The van der Waals surface area contributed by atoms with Gasteiger partial charge in [-0.2, -0.15) is 0 Å². The van der Waals surface area contributed by atoms with Crippen molar-refractivity contribution in [3.8, 4) is 0 Å². The number of thioether (sulfide) groups is 1. The van der Waals surface area contributed by atoms with Gasteiger partial charge in [0, 0.05) is 23.4 Å². The van der Waals surface area contributed by atoms with E-state index in [-0.39, 0.29) is 5.78 Å². The number of ketones is 1. The van der Waals surface area contributed by atoms with Crippen molar-refractivity contribution < 1.29 is 4.79 Å². The fraction of sp³-hybridized carbons (Fsp3) is 0.188. The maximum absolute atomic E-state index is 12.0. The molecule has 0 atom stereocenters. The second-order valence-corrected chi connectivity index (χ2v) is 5.36. The monoisotopic (exact) mass is 269 g/mol. The number of benzene rings is 2. The molecule has 0 amide bonds. The molecule has 1 aliphatic heterocycles. The van der Waals surface area contributed by atoms with Gasteiger partial charge in [-0.05, 0) is 30.5 Å². The van der Waals surface area contributed by atoms with Crippen molar-refractivity contribution in [3.63, 3.8) is 0 Å². The molecule has 1 heterocycles. The average molecular weight is 269 g/mol. The molecule has 0 N–H and O–H groups in total. The van der Waals surface area contributed by atoms with E-state index in [1.54, 1.807) is 11.8 Å². The van der Waals surface area contributed by atoms with Crippen LogP contribution in [-0.2, 0) is 0 Å². The Labute approximate surface area is 117 Å². The van der Waals surface area contributed by atoms with Crippen molar-refractivity contribution in [2.24, 2.45) is 0 Å². The van der Waals surface area contributed by atoms with Crippen LogP contribution in [0.2, 0.25) is 0 Å². The number of hydrogen-bond donors (Lipinski definition) is 0. The lowest BCUT2D eigenvalue weighted by Crippen LogP contribution is -2.28. The van der Waals surface area contributed by atoms with E-state index in [2.05, 4.69) is 29.4 Å². The summed E-state index contributed by atoms with van der Waals surface area (Å²) < 4.78 is 0. The van der Waals surface area contributed by atoms with E-state index < -0.39 is 0 Å². The SMILES string of the molecule is CSc1ccccc1N1CCC(=O)c2ccccc21. The molecular formula is C16H15NOS. The van der Waals surface area contributed by atoms with Crippen LogP contribution >= 0.6 is 11.8 Å². The maximum Gasteiger partial charge on any atom is 0.166 e. The molecule has 1 aliphatic rings. The van der Waals surface area contributed by atoms with Gasteiger partial charge >= 0.3 is 0 Å². The highest BCUT2D eigenvalue weighted by Gasteiger charge is 2.24. The largest absolute Gasteiger partial charge is 0.340 e. The number of fused-ring (bicyclic) bond motifs is 1. The predicted molar refractivity (Wildman–Crippen MR) is 80.6 cm³/mol. The minimum atomic E-state index is 0.244. The molecule has 2 aromatic rings. The van der Waals surface area contributed by atoms with Crippen LogP contribution in [0.5, 0.6) is 0 Å². The van der Waals surface area contributed by atoms with E-state index in [0.29, 0.717) is 6.42 Å². The second kappa shape index (κ2) is 5.10. The molecule has 0 saturated carbocycles. The number of rotatable bonds is 2. The van der Waals surface area contributed by atoms with Gasteiger partial charge in [0.05, 0.1) is 11.4 Å². The van der Waals surface area contributed by atoms with Gasteiger partial charge in [-0.1, -0.05) is 24.3 Å². The summed E-state index contributed by atoms with van der Waals surface area (Å²) in [7, 11) is 0. The first-order valence-electron chi connectivity index (χ1n) is 6.34. The smallest absolute Gasteiger partial charge is 0.166 e. The van der Waals surface area contributed by atoms with E-state index in [0.717, 1.165) is 17.8 Å². The van der Waals surface area contributed by atoms with Crippen molar-refractivity contribution in [2.45, 2.75) is 11.3 Å². The Morgan fingerprint density at radius 1 is 1.00 bits per heavy atom. The summed E-state index contributed by atoms with van der Waals surface area (Å²) in [5.74, 6) is 0.244. The molecule has 3 heteroatoms. The first-order valence-corrected chi connectivity index (χ1v) is 7.56. The van der Waals surface area contributed by atoms with Crippen LogP contribution in [0, 0.1) is 0 Å². The van der Waals surface area contributed by atoms with Crippen molar-refractivity contribution >= 4 is 28.9 Å². The molecule has 0 unspecified atom stereocenters. The number of anilines is 2. The van der Waals surface area contributed by atoms with Gasteiger partial charge < -0.3 is 4.90 Å². The fourth-order valence-corrected chi connectivity index (χ4v) is 3.12. The van der Waals surface area contributed by atoms with Crippen LogP contribution in [-0.4, -0.2) is 18.6 Å². The molecule has 0 bridgehead atoms. The molecule has 2 nitrogen and oxygen atoms in total. The number of carbonyl (C=O) groups is 1. The zero-order valence-electron chi connectivity index (χ0n) is 10.8. The first kappa shape index (κ1) is 12.3. The minimum Gasteiger partial charge on any atom is -0.340 e. The summed E-state index contributed by atoms with van der Waals surface area (Å²) in [4.78, 5) is 15.5. The number of para-hydroxylation sites is 2. The molecule has 0 aliphatic carbocycles. The summed E-state index contributed by atoms with van der Waals surface area (Å²) in [6.45, 7) is 0.757. The van der Waals surface area contributed by atoms with Crippen molar-refractivity contribution in [1.82, 2.24) is 0 Å². The van der Waals surface area contributed by atoms with Crippen molar-refractivity contribution in [3.05, 3.63) is 54.1 Å². The number of nitrogens with zero attached hydrogens (tertiary/aromatic N) is 1. The van der Waals surface area contributed by atoms with Crippen LogP contribution in [0.15, 0.2) is 53.4 Å². The van der Waals surface area contributed by atoms with Crippen molar-refractivity contribution in [1.29, 1.82) is 0 Å². The van der Waals surface area contributed by atoms with Crippen LogP contribution in [0.25, 0.3) is 0 Å². The molecule has 0 spiro atoms. The third kappa shape index (κ3) is 2.15. The van der Waals surface area contributed by atoms with Crippen LogP contribution in [0.1, 0.15) is 16.8 Å². The van der Waals surface area contributed by atoms with E-state index in [1.165, 1.54) is 10.6 Å². The van der Waals surface area contributed by atoms with E-state index in [9.17, 15) is 4.79 Å². The number of carbonyl (C=O) groups excluding carboxylic acids is 1. The normalized spacial score (nSPS) is 14.4. The molecule has 0 radical (unpaired) electrons. The second-order valence-electron chi connectivity index (χ2n) is 4.51. The first-order chi connectivity index (χ1) is 9.31. The number of hydrogen-bond acceptors (Lipinski definition) is 3. The van der Waals surface area contributed by atoms with E-state index in [1.807, 2.05) is 30.3 Å². The average Bonchev–Trinajstić information content (AvgIpc) is 2.48. The quantitative estimate of drug-likeness (QED) is 0.764. The molecule has 3 rings (SSSR count). The Morgan fingerprint density at radius 2 is 1.68 bits per heavy atom. The Hall–Kier alpha value is -1.74. The van der Waals surface area contributed by atoms with Crippen LogP contribution in [0.4, 0.5) is 11.4 Å². The van der Waals surface area contributed by atoms with Gasteiger partial charge in [-0.25, -0.2) is 0 Å². The Kier molecular flexibility index (Phi) is 3.30. The molecule has 0 aromatic heterocycles. The van der Waals surface area contributed by atoms with Gasteiger partial charge in [-0.15, -0.1) is 11.8 Å². The zero-order chi connectivity index (χ0) is 13.2. The maximum atomic E-state index is 12.0. The Balaban J connectivity index is 2.12. The molecule has 96 valence electrons. The molecule has 0 fully saturated rings. The van der Waals surface area contributed by atoms with Gasteiger partial charge in [-0.3, -0.25) is 4.79 Å². The third-order valence-electron chi connectivity index (χ3n) is 3.43. The standard InChI is InChI=1S/C16H15NOS/c1-19-16-9-5-4-8-14(16)17-11-10-15(18)12-6-2-3-7-13(12)17/h2-9H,10-11H2,1H3. The zero-order valence-corrected chi connectivity index (χ0v) is 11.6. The van der Waals surface area contributed by atoms with E-state index in [4.69, 9.17) is 0 Å². The van der Waals surface area contributed by atoms with Gasteiger partial charge in [0.2, 0.25) is 0 Å². The van der Waals surface area contributed by atoms with Gasteiger partial charge in [0.1, 0.15) is 0 Å². The van der Waals surface area contributed by atoms with E-state index >= 15 is 0 Å². The van der Waals surface area contributed by atoms with Crippen LogP contribution in [0.3, 0.4) is 0 Å². The minimum absolute atomic E-state index is 0.244. The number of Topliss-reactive ketones (excluding diaryl/α,β-unsaturated/α-hetero) is 1. The molecule has 0 saturated heterocycles. The molecule has 2 aromatic carbocycles. The highest BCUT2D eigenvalue weighted by Crippen LogP contribution is 2.37.